The molecule has 6 heteroatoms. The van der Waals surface area contributed by atoms with Gasteiger partial charge in [-0.2, -0.15) is 0 Å². The highest BCUT2D eigenvalue weighted by atomic mass is 16.5. The Morgan fingerprint density at radius 2 is 1.29 bits per heavy atom. The van der Waals surface area contributed by atoms with E-state index in [9.17, 15) is 19.8 Å². The Bertz CT molecular complexity index is 1100. The molecule has 206 valence electrons. The molecule has 0 unspecified atom stereocenters. The van der Waals surface area contributed by atoms with Gasteiger partial charge in [-0.15, -0.1) is 0 Å². The maximum Gasteiger partial charge on any atom is 0.163 e. The van der Waals surface area contributed by atoms with Crippen LogP contribution in [0.15, 0.2) is 42.5 Å². The van der Waals surface area contributed by atoms with Gasteiger partial charge in [-0.3, -0.25) is 9.59 Å². The van der Waals surface area contributed by atoms with Crippen molar-refractivity contribution in [2.24, 2.45) is 0 Å². The van der Waals surface area contributed by atoms with Crippen molar-refractivity contribution in [3.05, 3.63) is 59.2 Å². The summed E-state index contributed by atoms with van der Waals surface area (Å²) in [5.74, 6) is 0.172. The van der Waals surface area contributed by atoms with E-state index in [1.807, 2.05) is 6.07 Å². The van der Waals surface area contributed by atoms with Gasteiger partial charge in [0.15, 0.2) is 34.6 Å². The second-order valence-electron chi connectivity index (χ2n) is 9.52. The molecule has 0 heterocycles. The molecular weight excluding hydrogens is 480 g/mol. The van der Waals surface area contributed by atoms with Gasteiger partial charge in [0.2, 0.25) is 0 Å². The third kappa shape index (κ3) is 10.8. The maximum atomic E-state index is 12.4. The average molecular weight is 523 g/mol. The van der Waals surface area contributed by atoms with Crippen LogP contribution in [0.25, 0.3) is 12.2 Å². The molecule has 0 saturated carbocycles. The van der Waals surface area contributed by atoms with Gasteiger partial charge in [-0.1, -0.05) is 76.5 Å². The van der Waals surface area contributed by atoms with E-state index in [1.54, 1.807) is 30.4 Å². The van der Waals surface area contributed by atoms with Crippen molar-refractivity contribution in [2.45, 2.75) is 77.6 Å². The summed E-state index contributed by atoms with van der Waals surface area (Å²) >= 11 is 0. The average Bonchev–Trinajstić information content (AvgIpc) is 2.91. The Morgan fingerprint density at radius 3 is 1.89 bits per heavy atom. The predicted octanol–water partition coefficient (Wildman–Crippen LogP) is 7.44. The molecule has 2 aromatic rings. The van der Waals surface area contributed by atoms with Gasteiger partial charge >= 0.3 is 0 Å². The molecule has 0 amide bonds. The number of aryl methyl sites for hydroxylation is 1. The molecule has 0 aliphatic heterocycles. The van der Waals surface area contributed by atoms with Gasteiger partial charge in [0.1, 0.15) is 0 Å². The third-order valence-corrected chi connectivity index (χ3v) is 6.42. The number of hydrogen-bond acceptors (Lipinski definition) is 6. The summed E-state index contributed by atoms with van der Waals surface area (Å²) in [5, 5.41) is 20.2. The molecule has 6 nitrogen and oxygen atoms in total. The van der Waals surface area contributed by atoms with E-state index < -0.39 is 0 Å². The second kappa shape index (κ2) is 17.1. The molecule has 0 aliphatic carbocycles. The Labute approximate surface area is 227 Å². The fourth-order valence-corrected chi connectivity index (χ4v) is 4.22. The van der Waals surface area contributed by atoms with Crippen molar-refractivity contribution >= 4 is 23.7 Å². The van der Waals surface area contributed by atoms with Gasteiger partial charge < -0.3 is 19.7 Å². The number of benzene rings is 2. The zero-order chi connectivity index (χ0) is 27.8. The van der Waals surface area contributed by atoms with E-state index in [1.165, 1.54) is 77.4 Å². The number of rotatable bonds is 18. The first kappa shape index (κ1) is 30.7. The highest BCUT2D eigenvalue weighted by molar-refractivity contribution is 6.10. The van der Waals surface area contributed by atoms with E-state index in [-0.39, 0.29) is 29.5 Å². The number of phenolic OH excluding ortho intramolecular Hbond substituents is 2. The largest absolute Gasteiger partial charge is 0.504 e. The minimum atomic E-state index is -0.332. The number of methoxy groups -OCH3 is 2. The van der Waals surface area contributed by atoms with Gasteiger partial charge in [0.05, 0.1) is 20.6 Å². The topological polar surface area (TPSA) is 93.1 Å². The molecule has 2 rings (SSSR count). The number of phenols is 2. The highest BCUT2D eigenvalue weighted by Crippen LogP contribution is 2.33. The third-order valence-electron chi connectivity index (χ3n) is 6.42. The molecule has 2 N–H and O–H groups in total. The number of ketones is 2. The molecule has 0 radical (unpaired) electrons. The Kier molecular flexibility index (Phi) is 13.8. The summed E-state index contributed by atoms with van der Waals surface area (Å²) < 4.78 is 10.4. The first-order valence-corrected chi connectivity index (χ1v) is 13.6. The van der Waals surface area contributed by atoms with E-state index in [0.29, 0.717) is 17.1 Å². The first-order valence-electron chi connectivity index (χ1n) is 13.6. The molecule has 38 heavy (non-hydrogen) atoms. The highest BCUT2D eigenvalue weighted by Gasteiger charge is 2.11. The predicted molar refractivity (Wildman–Crippen MR) is 153 cm³/mol. The van der Waals surface area contributed by atoms with E-state index >= 15 is 0 Å². The maximum absolute atomic E-state index is 12.4. The zero-order valence-electron chi connectivity index (χ0n) is 23.0. The molecule has 0 saturated heterocycles. The summed E-state index contributed by atoms with van der Waals surface area (Å²) in [6.07, 6.45) is 17.5. The Morgan fingerprint density at radius 1 is 0.737 bits per heavy atom. The molecule has 0 fully saturated rings. The number of aromatic hydroxyl groups is 2. The summed E-state index contributed by atoms with van der Waals surface area (Å²) in [6, 6.07) is 8.27. The SMILES string of the molecule is CCCCCCCCCCCc1cc(/C=C/C(=O)CC(=O)/C=C/c2ccc(O)c(OC)c2)cc(OC)c1O. The van der Waals surface area contributed by atoms with Crippen LogP contribution in [0.5, 0.6) is 23.0 Å². The lowest BCUT2D eigenvalue weighted by Crippen LogP contribution is -2.02. The normalized spacial score (nSPS) is 11.3. The van der Waals surface area contributed by atoms with Crippen molar-refractivity contribution in [3.8, 4) is 23.0 Å². The van der Waals surface area contributed by atoms with Gasteiger partial charge in [0, 0.05) is 0 Å². The number of ether oxygens (including phenoxy) is 2. The lowest BCUT2D eigenvalue weighted by molar-refractivity contribution is -0.121. The number of carbonyl (C=O) groups excluding carboxylic acids is 2. The van der Waals surface area contributed by atoms with E-state index in [2.05, 4.69) is 6.92 Å². The van der Waals surface area contributed by atoms with Crippen LogP contribution < -0.4 is 9.47 Å². The van der Waals surface area contributed by atoms with Crippen LogP contribution in [0.4, 0.5) is 0 Å². The van der Waals surface area contributed by atoms with Crippen LogP contribution in [-0.2, 0) is 16.0 Å². The fraction of sp³-hybridized carbons (Fsp3) is 0.438. The van der Waals surface area contributed by atoms with Crippen molar-refractivity contribution in [1.82, 2.24) is 0 Å². The smallest absolute Gasteiger partial charge is 0.163 e. The molecule has 0 aromatic heterocycles. The summed E-state index contributed by atoms with van der Waals surface area (Å²) in [6.45, 7) is 2.23. The standard InChI is InChI=1S/C32H42O6/c1-4-5-6-7-8-9-10-11-12-13-26-20-25(22-31(38-3)32(26)36)15-18-28(34)23-27(33)17-14-24-16-19-29(35)30(21-24)37-2/h14-22,35-36H,4-13,23H2,1-3H3/b17-14+,18-15+. The van der Waals surface area contributed by atoms with E-state index in [4.69, 9.17) is 9.47 Å². The molecule has 0 aliphatic rings. The fourth-order valence-electron chi connectivity index (χ4n) is 4.22. The van der Waals surface area contributed by atoms with Crippen LogP contribution in [0.2, 0.25) is 0 Å². The molecule has 0 atom stereocenters. The number of carbonyl (C=O) groups is 2. The summed E-state index contributed by atoms with van der Waals surface area (Å²) in [7, 11) is 2.95. The van der Waals surface area contributed by atoms with Crippen LogP contribution in [0, 0.1) is 0 Å². The quantitative estimate of drug-likeness (QED) is 0.120. The Balaban J connectivity index is 1.89. The van der Waals surface area contributed by atoms with Crippen molar-refractivity contribution in [3.63, 3.8) is 0 Å². The molecular formula is C32H42O6. The second-order valence-corrected chi connectivity index (χ2v) is 9.52. The van der Waals surface area contributed by atoms with Crippen LogP contribution in [-0.4, -0.2) is 36.0 Å². The first-order chi connectivity index (χ1) is 18.4. The van der Waals surface area contributed by atoms with Crippen LogP contribution in [0.3, 0.4) is 0 Å². The van der Waals surface area contributed by atoms with Crippen molar-refractivity contribution in [1.29, 1.82) is 0 Å². The number of hydrogen-bond donors (Lipinski definition) is 2. The lowest BCUT2D eigenvalue weighted by Gasteiger charge is -2.11. The van der Waals surface area contributed by atoms with Crippen LogP contribution >= 0.6 is 0 Å². The number of unbranched alkanes of at least 4 members (excludes halogenated alkanes) is 8. The lowest BCUT2D eigenvalue weighted by atomic mass is 10.0. The van der Waals surface area contributed by atoms with Crippen molar-refractivity contribution in [2.75, 3.05) is 14.2 Å². The Hall–Kier alpha value is -3.54. The van der Waals surface area contributed by atoms with Crippen molar-refractivity contribution < 1.29 is 29.3 Å². The molecule has 0 spiro atoms. The van der Waals surface area contributed by atoms with Gasteiger partial charge in [-0.05, 0) is 65.9 Å². The monoisotopic (exact) mass is 522 g/mol. The van der Waals surface area contributed by atoms with Gasteiger partial charge in [-0.25, -0.2) is 0 Å². The minimum absolute atomic E-state index is 0.0125. The summed E-state index contributed by atoms with van der Waals surface area (Å²) in [5.41, 5.74) is 2.20. The van der Waals surface area contributed by atoms with Crippen LogP contribution in [0.1, 0.15) is 87.8 Å². The van der Waals surface area contributed by atoms with Gasteiger partial charge in [0.25, 0.3) is 0 Å². The van der Waals surface area contributed by atoms with E-state index in [0.717, 1.165) is 30.4 Å². The number of allylic oxidation sites excluding steroid dienone is 2. The minimum Gasteiger partial charge on any atom is -0.504 e. The zero-order valence-corrected chi connectivity index (χ0v) is 23.0. The summed E-state index contributed by atoms with van der Waals surface area (Å²) in [4.78, 5) is 24.6. The molecule has 2 aromatic carbocycles. The molecule has 0 bridgehead atoms.